The lowest BCUT2D eigenvalue weighted by atomic mass is 10.0. The van der Waals surface area contributed by atoms with Crippen molar-refractivity contribution in [2.45, 2.75) is 0 Å². The van der Waals surface area contributed by atoms with E-state index in [0.29, 0.717) is 21.9 Å². The van der Waals surface area contributed by atoms with Crippen LogP contribution in [-0.4, -0.2) is 17.9 Å². The molecule has 1 heterocycles. The molecule has 0 saturated carbocycles. The highest BCUT2D eigenvalue weighted by molar-refractivity contribution is 9.10. The molecule has 0 radical (unpaired) electrons. The second-order valence-electron chi connectivity index (χ2n) is 4.57. The fourth-order valence-corrected chi connectivity index (χ4v) is 2.96. The van der Waals surface area contributed by atoms with E-state index in [1.54, 1.807) is 43.6 Å². The Balaban J connectivity index is 2.08. The maximum Gasteiger partial charge on any atom is 0.195 e. The highest BCUT2D eigenvalue weighted by Gasteiger charge is 2.15. The van der Waals surface area contributed by atoms with Crippen LogP contribution in [0.3, 0.4) is 0 Å². The predicted octanol–water partition coefficient (Wildman–Crippen LogP) is 4.82. The van der Waals surface area contributed by atoms with Crippen LogP contribution in [0, 0.1) is 0 Å². The van der Waals surface area contributed by atoms with E-state index in [1.807, 2.05) is 6.07 Å². The molecule has 2 aromatic carbocycles. The first kappa shape index (κ1) is 14.2. The van der Waals surface area contributed by atoms with Gasteiger partial charge in [-0.3, -0.25) is 4.79 Å². The molecule has 0 unspecified atom stereocenters. The standard InChI is InChI=1S/C16H11BrClNO2/c1-21-15-5-2-9(6-13(15)17)16(20)12-8-19-14-4-3-10(18)7-11(12)14/h2-8,19H,1H3. The molecule has 0 bridgehead atoms. The van der Waals surface area contributed by atoms with Gasteiger partial charge in [0.15, 0.2) is 5.78 Å². The van der Waals surface area contributed by atoms with E-state index in [9.17, 15) is 4.79 Å². The molecule has 0 saturated heterocycles. The largest absolute Gasteiger partial charge is 0.496 e. The molecule has 1 N–H and O–H groups in total. The number of hydrogen-bond acceptors (Lipinski definition) is 2. The van der Waals surface area contributed by atoms with Crippen LogP contribution in [0.5, 0.6) is 5.75 Å². The number of methoxy groups -OCH3 is 1. The van der Waals surface area contributed by atoms with Crippen molar-refractivity contribution < 1.29 is 9.53 Å². The van der Waals surface area contributed by atoms with Gasteiger partial charge in [-0.15, -0.1) is 0 Å². The third-order valence-corrected chi connectivity index (χ3v) is 4.16. The van der Waals surface area contributed by atoms with Gasteiger partial charge in [-0.05, 0) is 52.3 Å². The van der Waals surface area contributed by atoms with Gasteiger partial charge < -0.3 is 9.72 Å². The number of fused-ring (bicyclic) bond motifs is 1. The summed E-state index contributed by atoms with van der Waals surface area (Å²) in [6.45, 7) is 0. The summed E-state index contributed by atoms with van der Waals surface area (Å²) in [5.74, 6) is 0.625. The third-order valence-electron chi connectivity index (χ3n) is 3.30. The Morgan fingerprint density at radius 3 is 2.76 bits per heavy atom. The van der Waals surface area contributed by atoms with Gasteiger partial charge in [0.05, 0.1) is 11.6 Å². The first-order chi connectivity index (χ1) is 10.1. The molecule has 0 atom stereocenters. The molecule has 0 spiro atoms. The van der Waals surface area contributed by atoms with E-state index in [0.717, 1.165) is 15.4 Å². The summed E-state index contributed by atoms with van der Waals surface area (Å²) < 4.78 is 5.92. The Kier molecular flexibility index (Phi) is 3.74. The molecule has 3 nitrogen and oxygen atoms in total. The lowest BCUT2D eigenvalue weighted by molar-refractivity contribution is 0.104. The second kappa shape index (κ2) is 5.54. The van der Waals surface area contributed by atoms with Gasteiger partial charge in [-0.1, -0.05) is 11.6 Å². The van der Waals surface area contributed by atoms with Crippen LogP contribution in [0.15, 0.2) is 47.1 Å². The summed E-state index contributed by atoms with van der Waals surface area (Å²) in [7, 11) is 1.59. The number of aromatic nitrogens is 1. The molecular formula is C16H11BrClNO2. The van der Waals surface area contributed by atoms with E-state index in [1.165, 1.54) is 0 Å². The first-order valence-corrected chi connectivity index (χ1v) is 7.42. The van der Waals surface area contributed by atoms with Gasteiger partial charge in [0.1, 0.15) is 5.75 Å². The van der Waals surface area contributed by atoms with Gasteiger partial charge in [-0.2, -0.15) is 0 Å². The highest BCUT2D eigenvalue weighted by atomic mass is 79.9. The molecule has 1 aromatic heterocycles. The minimum absolute atomic E-state index is 0.0631. The minimum Gasteiger partial charge on any atom is -0.496 e. The molecule has 3 aromatic rings. The van der Waals surface area contributed by atoms with Crippen molar-refractivity contribution in [1.82, 2.24) is 4.98 Å². The molecule has 0 fully saturated rings. The summed E-state index contributed by atoms with van der Waals surface area (Å²) in [6, 6.07) is 10.7. The number of rotatable bonds is 3. The Morgan fingerprint density at radius 1 is 1.24 bits per heavy atom. The van der Waals surface area contributed by atoms with Crippen LogP contribution >= 0.6 is 27.5 Å². The third kappa shape index (κ3) is 2.57. The Bertz CT molecular complexity index is 841. The number of carbonyl (C=O) groups excluding carboxylic acids is 1. The summed E-state index contributed by atoms with van der Waals surface area (Å²) >= 11 is 9.41. The van der Waals surface area contributed by atoms with Crippen LogP contribution in [0.2, 0.25) is 5.02 Å². The summed E-state index contributed by atoms with van der Waals surface area (Å²) in [6.07, 6.45) is 1.71. The van der Waals surface area contributed by atoms with Gasteiger partial charge in [0.25, 0.3) is 0 Å². The zero-order valence-electron chi connectivity index (χ0n) is 11.1. The monoisotopic (exact) mass is 363 g/mol. The Labute approximate surface area is 135 Å². The van der Waals surface area contributed by atoms with Crippen LogP contribution in [-0.2, 0) is 0 Å². The zero-order chi connectivity index (χ0) is 15.0. The SMILES string of the molecule is COc1ccc(C(=O)c2c[nH]c3ccc(Cl)cc23)cc1Br. The van der Waals surface area contributed by atoms with Crippen molar-refractivity contribution in [1.29, 1.82) is 0 Å². The molecule has 0 aliphatic heterocycles. The fourth-order valence-electron chi connectivity index (χ4n) is 2.24. The number of hydrogen-bond donors (Lipinski definition) is 1. The number of halogens is 2. The molecule has 0 amide bonds. The lowest BCUT2D eigenvalue weighted by Crippen LogP contribution is -2.00. The van der Waals surface area contributed by atoms with Crippen molar-refractivity contribution in [3.8, 4) is 5.75 Å². The van der Waals surface area contributed by atoms with Crippen molar-refractivity contribution in [2.75, 3.05) is 7.11 Å². The first-order valence-electron chi connectivity index (χ1n) is 6.25. The van der Waals surface area contributed by atoms with E-state index in [2.05, 4.69) is 20.9 Å². The molecule has 0 aliphatic carbocycles. The smallest absolute Gasteiger partial charge is 0.195 e. The van der Waals surface area contributed by atoms with Crippen molar-refractivity contribution in [2.24, 2.45) is 0 Å². The average Bonchev–Trinajstić information content (AvgIpc) is 2.89. The summed E-state index contributed by atoms with van der Waals surface area (Å²) in [5.41, 5.74) is 2.07. The molecule has 21 heavy (non-hydrogen) atoms. The van der Waals surface area contributed by atoms with Crippen molar-refractivity contribution in [3.05, 3.63) is 63.2 Å². The maximum atomic E-state index is 12.7. The fraction of sp³-hybridized carbons (Fsp3) is 0.0625. The highest BCUT2D eigenvalue weighted by Crippen LogP contribution is 2.29. The second-order valence-corrected chi connectivity index (χ2v) is 5.86. The van der Waals surface area contributed by atoms with Crippen LogP contribution in [0.1, 0.15) is 15.9 Å². The zero-order valence-corrected chi connectivity index (χ0v) is 13.5. The number of carbonyl (C=O) groups is 1. The minimum atomic E-state index is -0.0631. The number of H-pyrrole nitrogens is 1. The number of benzene rings is 2. The van der Waals surface area contributed by atoms with Gasteiger partial charge in [-0.25, -0.2) is 0 Å². The van der Waals surface area contributed by atoms with Crippen LogP contribution in [0.4, 0.5) is 0 Å². The van der Waals surface area contributed by atoms with Gasteiger partial charge in [0.2, 0.25) is 0 Å². The van der Waals surface area contributed by atoms with Crippen LogP contribution in [0.25, 0.3) is 10.9 Å². The molecular weight excluding hydrogens is 354 g/mol. The molecule has 5 heteroatoms. The number of ether oxygens (including phenoxy) is 1. The van der Waals surface area contributed by atoms with E-state index < -0.39 is 0 Å². The van der Waals surface area contributed by atoms with Crippen molar-refractivity contribution >= 4 is 44.2 Å². The number of ketones is 1. The van der Waals surface area contributed by atoms with E-state index >= 15 is 0 Å². The average molecular weight is 365 g/mol. The Morgan fingerprint density at radius 2 is 2.05 bits per heavy atom. The molecule has 0 aliphatic rings. The quantitative estimate of drug-likeness (QED) is 0.677. The number of nitrogens with one attached hydrogen (secondary N) is 1. The number of aromatic amines is 1. The Hall–Kier alpha value is -1.78. The van der Waals surface area contributed by atoms with E-state index in [-0.39, 0.29) is 5.78 Å². The van der Waals surface area contributed by atoms with Crippen LogP contribution < -0.4 is 4.74 Å². The predicted molar refractivity (Wildman–Crippen MR) is 87.4 cm³/mol. The lowest BCUT2D eigenvalue weighted by Gasteiger charge is -2.05. The normalized spacial score (nSPS) is 10.8. The summed E-state index contributed by atoms with van der Waals surface area (Å²) in [5, 5.41) is 1.42. The maximum absolute atomic E-state index is 12.7. The molecule has 106 valence electrons. The van der Waals surface area contributed by atoms with Gasteiger partial charge in [0, 0.05) is 33.2 Å². The van der Waals surface area contributed by atoms with E-state index in [4.69, 9.17) is 16.3 Å². The summed E-state index contributed by atoms with van der Waals surface area (Å²) in [4.78, 5) is 15.7. The topological polar surface area (TPSA) is 42.1 Å². The molecule has 3 rings (SSSR count). The van der Waals surface area contributed by atoms with Gasteiger partial charge >= 0.3 is 0 Å². The van der Waals surface area contributed by atoms with Crippen molar-refractivity contribution in [3.63, 3.8) is 0 Å².